The fourth-order valence-electron chi connectivity index (χ4n) is 1.88. The smallest absolute Gasteiger partial charge is 0.198 e. The first kappa shape index (κ1) is 12.8. The fraction of sp³-hybridized carbons (Fsp3) is 0.400. The summed E-state index contributed by atoms with van der Waals surface area (Å²) >= 11 is 0. The van der Waals surface area contributed by atoms with E-state index in [1.165, 1.54) is 0 Å². The molecule has 0 aliphatic rings. The van der Waals surface area contributed by atoms with Crippen molar-refractivity contribution >= 4 is 16.8 Å². The van der Waals surface area contributed by atoms with Gasteiger partial charge in [-0.25, -0.2) is 0 Å². The van der Waals surface area contributed by atoms with E-state index in [1.54, 1.807) is 7.11 Å². The number of rotatable bonds is 5. The first-order chi connectivity index (χ1) is 8.60. The van der Waals surface area contributed by atoms with Crippen LogP contribution in [0.2, 0.25) is 0 Å². The topological polar surface area (TPSA) is 39.4 Å². The summed E-state index contributed by atoms with van der Waals surface area (Å²) < 4.78 is 10.7. The van der Waals surface area contributed by atoms with Crippen molar-refractivity contribution in [1.82, 2.24) is 0 Å². The second kappa shape index (κ2) is 5.36. The molecule has 1 unspecified atom stereocenters. The van der Waals surface area contributed by atoms with Gasteiger partial charge in [0.25, 0.3) is 0 Å². The van der Waals surface area contributed by atoms with Crippen LogP contribution >= 0.6 is 0 Å². The molecule has 1 atom stereocenters. The molecule has 96 valence electrons. The first-order valence-electron chi connectivity index (χ1n) is 6.16. The van der Waals surface area contributed by atoms with E-state index in [0.717, 1.165) is 16.5 Å². The second-order valence-corrected chi connectivity index (χ2v) is 4.66. The van der Waals surface area contributed by atoms with Gasteiger partial charge in [-0.3, -0.25) is 4.79 Å². The molecule has 0 amide bonds. The minimum atomic E-state index is 0.0350. The van der Waals surface area contributed by atoms with Gasteiger partial charge >= 0.3 is 0 Å². The summed E-state index contributed by atoms with van der Waals surface area (Å²) in [6, 6.07) is 7.72. The predicted octanol–water partition coefficient (Wildman–Crippen LogP) is 3.74. The Morgan fingerprint density at radius 2 is 2.17 bits per heavy atom. The van der Waals surface area contributed by atoms with Crippen molar-refractivity contribution < 1.29 is 13.9 Å². The first-order valence-corrected chi connectivity index (χ1v) is 6.16. The summed E-state index contributed by atoms with van der Waals surface area (Å²) in [6.07, 6.45) is 1.26. The monoisotopic (exact) mass is 246 g/mol. The van der Waals surface area contributed by atoms with Crippen LogP contribution in [-0.2, 0) is 4.74 Å². The van der Waals surface area contributed by atoms with Crippen LogP contribution in [0.3, 0.4) is 0 Å². The number of carbonyl (C=O) groups is 1. The molecule has 0 spiro atoms. The summed E-state index contributed by atoms with van der Waals surface area (Å²) in [5.74, 6) is 0.478. The average molecular weight is 246 g/mol. The van der Waals surface area contributed by atoms with Gasteiger partial charge in [-0.2, -0.15) is 0 Å². The van der Waals surface area contributed by atoms with E-state index >= 15 is 0 Å². The van der Waals surface area contributed by atoms with Crippen LogP contribution in [0.25, 0.3) is 11.0 Å². The number of hydrogen-bond acceptors (Lipinski definition) is 3. The third-order valence-electron chi connectivity index (χ3n) is 3.13. The lowest BCUT2D eigenvalue weighted by atomic mass is 10.1. The minimum absolute atomic E-state index is 0.0350. The zero-order chi connectivity index (χ0) is 13.1. The van der Waals surface area contributed by atoms with E-state index in [9.17, 15) is 4.79 Å². The van der Waals surface area contributed by atoms with Crippen molar-refractivity contribution in [1.29, 1.82) is 0 Å². The van der Waals surface area contributed by atoms with Crippen molar-refractivity contribution in [2.24, 2.45) is 0 Å². The maximum absolute atomic E-state index is 12.0. The number of furan rings is 1. The second-order valence-electron chi connectivity index (χ2n) is 4.66. The van der Waals surface area contributed by atoms with Crippen LogP contribution in [0.1, 0.15) is 35.9 Å². The Labute approximate surface area is 107 Å². The Morgan fingerprint density at radius 1 is 1.39 bits per heavy atom. The normalized spacial score (nSPS) is 12.8. The van der Waals surface area contributed by atoms with Gasteiger partial charge in [-0.1, -0.05) is 11.6 Å². The molecular weight excluding hydrogens is 228 g/mol. The van der Waals surface area contributed by atoms with E-state index < -0.39 is 0 Å². The van der Waals surface area contributed by atoms with E-state index in [-0.39, 0.29) is 11.9 Å². The summed E-state index contributed by atoms with van der Waals surface area (Å²) in [5.41, 5.74) is 1.93. The van der Waals surface area contributed by atoms with Gasteiger partial charge in [0.2, 0.25) is 0 Å². The number of aryl methyl sites for hydroxylation is 1. The molecule has 3 nitrogen and oxygen atoms in total. The molecule has 0 saturated heterocycles. The summed E-state index contributed by atoms with van der Waals surface area (Å²) in [6.45, 7) is 3.98. The number of benzene rings is 1. The highest BCUT2D eigenvalue weighted by atomic mass is 16.5. The highest BCUT2D eigenvalue weighted by Gasteiger charge is 2.13. The maximum Gasteiger partial charge on any atom is 0.198 e. The molecular formula is C15H18O3. The Bertz CT molecular complexity index is 554. The number of ketones is 1. The van der Waals surface area contributed by atoms with Gasteiger partial charge in [0, 0.05) is 18.9 Å². The van der Waals surface area contributed by atoms with Crippen molar-refractivity contribution in [3.05, 3.63) is 35.6 Å². The molecule has 2 rings (SSSR count). The van der Waals surface area contributed by atoms with Crippen LogP contribution in [0.4, 0.5) is 0 Å². The van der Waals surface area contributed by atoms with Gasteiger partial charge < -0.3 is 9.15 Å². The molecule has 1 aromatic heterocycles. The molecule has 0 radical (unpaired) electrons. The highest BCUT2D eigenvalue weighted by molar-refractivity contribution is 5.97. The molecule has 3 heteroatoms. The molecule has 0 saturated carbocycles. The zero-order valence-electron chi connectivity index (χ0n) is 11.0. The van der Waals surface area contributed by atoms with Crippen molar-refractivity contribution in [3.8, 4) is 0 Å². The van der Waals surface area contributed by atoms with E-state index in [0.29, 0.717) is 18.6 Å². The van der Waals surface area contributed by atoms with Crippen LogP contribution in [0.5, 0.6) is 0 Å². The van der Waals surface area contributed by atoms with Crippen LogP contribution < -0.4 is 0 Å². The molecule has 0 fully saturated rings. The fourth-order valence-corrected chi connectivity index (χ4v) is 1.88. The number of Topliss-reactive ketones (excluding diaryl/α,β-unsaturated/α-hetero) is 1. The third-order valence-corrected chi connectivity index (χ3v) is 3.13. The third kappa shape index (κ3) is 2.79. The molecule has 18 heavy (non-hydrogen) atoms. The van der Waals surface area contributed by atoms with E-state index in [2.05, 4.69) is 0 Å². The lowest BCUT2D eigenvalue weighted by Gasteiger charge is -2.06. The molecule has 0 aliphatic heterocycles. The molecule has 0 bridgehead atoms. The summed E-state index contributed by atoms with van der Waals surface area (Å²) in [4.78, 5) is 12.0. The Balaban J connectivity index is 2.13. The predicted molar refractivity (Wildman–Crippen MR) is 71.0 cm³/mol. The van der Waals surface area contributed by atoms with Crippen LogP contribution in [0, 0.1) is 6.92 Å². The van der Waals surface area contributed by atoms with Crippen molar-refractivity contribution in [2.75, 3.05) is 7.11 Å². The number of hydrogen-bond donors (Lipinski definition) is 0. The Morgan fingerprint density at radius 3 is 2.89 bits per heavy atom. The van der Waals surface area contributed by atoms with Crippen LogP contribution in [-0.4, -0.2) is 19.0 Å². The van der Waals surface area contributed by atoms with Gasteiger partial charge in [0.1, 0.15) is 5.58 Å². The molecule has 1 aromatic carbocycles. The van der Waals surface area contributed by atoms with Crippen LogP contribution in [0.15, 0.2) is 28.7 Å². The average Bonchev–Trinajstić information content (AvgIpc) is 2.78. The minimum Gasteiger partial charge on any atom is -0.453 e. The molecule has 0 N–H and O–H groups in total. The molecule has 1 heterocycles. The standard InChI is InChI=1S/C15H18O3/c1-10-4-7-14-12(8-10)9-15(18-14)13(16)6-5-11(2)17-3/h4,7-9,11H,5-6H2,1-3H3. The van der Waals surface area contributed by atoms with Gasteiger partial charge in [0.05, 0.1) is 6.10 Å². The summed E-state index contributed by atoms with van der Waals surface area (Å²) in [5, 5.41) is 0.984. The van der Waals surface area contributed by atoms with Gasteiger partial charge in [-0.15, -0.1) is 0 Å². The lowest BCUT2D eigenvalue weighted by molar-refractivity contribution is 0.0858. The van der Waals surface area contributed by atoms with E-state index in [4.69, 9.17) is 9.15 Å². The van der Waals surface area contributed by atoms with Crippen molar-refractivity contribution in [2.45, 2.75) is 32.8 Å². The lowest BCUT2D eigenvalue weighted by Crippen LogP contribution is -2.08. The number of methoxy groups -OCH3 is 1. The van der Waals surface area contributed by atoms with Gasteiger partial charge in [-0.05, 0) is 38.5 Å². The number of carbonyl (C=O) groups excluding carboxylic acids is 1. The van der Waals surface area contributed by atoms with Gasteiger partial charge in [0.15, 0.2) is 11.5 Å². The zero-order valence-corrected chi connectivity index (χ0v) is 11.0. The molecule has 2 aromatic rings. The maximum atomic E-state index is 12.0. The highest BCUT2D eigenvalue weighted by Crippen LogP contribution is 2.22. The van der Waals surface area contributed by atoms with Crippen molar-refractivity contribution in [3.63, 3.8) is 0 Å². The van der Waals surface area contributed by atoms with E-state index in [1.807, 2.05) is 38.1 Å². The SMILES string of the molecule is COC(C)CCC(=O)c1cc2cc(C)ccc2o1. The Hall–Kier alpha value is -1.61. The largest absolute Gasteiger partial charge is 0.453 e. The Kier molecular flexibility index (Phi) is 3.82. The quantitative estimate of drug-likeness (QED) is 0.754. The molecule has 0 aliphatic carbocycles. The number of ether oxygens (including phenoxy) is 1. The summed E-state index contributed by atoms with van der Waals surface area (Å²) in [7, 11) is 1.65. The number of fused-ring (bicyclic) bond motifs is 1.